The zero-order valence-corrected chi connectivity index (χ0v) is 7.92. The minimum absolute atomic E-state index is 0.293. The van der Waals surface area contributed by atoms with Gasteiger partial charge in [-0.05, 0) is 28.7 Å². The molecule has 0 saturated heterocycles. The SMILES string of the molecule is N#Cc1cnc(C(F)F)cc1I. The van der Waals surface area contributed by atoms with E-state index < -0.39 is 6.43 Å². The molecule has 0 aliphatic rings. The number of pyridine rings is 1. The van der Waals surface area contributed by atoms with E-state index in [0.29, 0.717) is 9.13 Å². The van der Waals surface area contributed by atoms with Gasteiger partial charge in [0.05, 0.1) is 5.56 Å². The van der Waals surface area contributed by atoms with Crippen LogP contribution in [0.2, 0.25) is 0 Å². The lowest BCUT2D eigenvalue weighted by Gasteiger charge is -1.99. The Kier molecular flexibility index (Phi) is 2.92. The second-order valence-electron chi connectivity index (χ2n) is 2.00. The fourth-order valence-electron chi connectivity index (χ4n) is 0.647. The van der Waals surface area contributed by atoms with Gasteiger partial charge in [-0.2, -0.15) is 5.26 Å². The summed E-state index contributed by atoms with van der Waals surface area (Å²) in [6, 6.07) is 3.06. The molecule has 0 radical (unpaired) electrons. The molecule has 0 aliphatic carbocycles. The molecule has 62 valence electrons. The molecule has 0 aromatic carbocycles. The number of nitrogens with zero attached hydrogens (tertiary/aromatic N) is 2. The van der Waals surface area contributed by atoms with Gasteiger partial charge in [-0.25, -0.2) is 8.78 Å². The van der Waals surface area contributed by atoms with Gasteiger partial charge in [0.2, 0.25) is 0 Å². The molecule has 0 spiro atoms. The van der Waals surface area contributed by atoms with E-state index in [4.69, 9.17) is 5.26 Å². The molecular weight excluding hydrogens is 277 g/mol. The highest BCUT2D eigenvalue weighted by Crippen LogP contribution is 2.19. The summed E-state index contributed by atoms with van der Waals surface area (Å²) in [5.41, 5.74) is 0.0263. The van der Waals surface area contributed by atoms with Crippen molar-refractivity contribution in [1.29, 1.82) is 5.26 Å². The quantitative estimate of drug-likeness (QED) is 0.741. The van der Waals surface area contributed by atoms with Crippen LogP contribution < -0.4 is 0 Å². The van der Waals surface area contributed by atoms with Gasteiger partial charge in [0.1, 0.15) is 11.8 Å². The summed E-state index contributed by atoms with van der Waals surface area (Å²) in [7, 11) is 0. The summed E-state index contributed by atoms with van der Waals surface area (Å²) >= 11 is 1.82. The van der Waals surface area contributed by atoms with Crippen molar-refractivity contribution >= 4 is 22.6 Å². The maximum absolute atomic E-state index is 12.0. The summed E-state index contributed by atoms with van der Waals surface area (Å²) in [4.78, 5) is 3.43. The molecule has 0 unspecified atom stereocenters. The van der Waals surface area contributed by atoms with E-state index in [0.717, 1.165) is 6.20 Å². The summed E-state index contributed by atoms with van der Waals surface area (Å²) < 4.78 is 24.6. The molecule has 2 nitrogen and oxygen atoms in total. The Hall–Kier alpha value is -0.770. The van der Waals surface area contributed by atoms with Gasteiger partial charge < -0.3 is 0 Å². The first-order valence-electron chi connectivity index (χ1n) is 2.99. The summed E-state index contributed by atoms with van der Waals surface area (Å²) in [6.07, 6.45) is -1.42. The lowest BCUT2D eigenvalue weighted by molar-refractivity contribution is 0.146. The van der Waals surface area contributed by atoms with E-state index in [1.54, 1.807) is 0 Å². The molecule has 1 rings (SSSR count). The lowest BCUT2D eigenvalue weighted by atomic mass is 10.3. The van der Waals surface area contributed by atoms with Crippen molar-refractivity contribution in [2.24, 2.45) is 0 Å². The molecule has 0 N–H and O–H groups in total. The second kappa shape index (κ2) is 3.76. The molecule has 1 heterocycles. The van der Waals surface area contributed by atoms with Crippen LogP contribution in [0.25, 0.3) is 0 Å². The van der Waals surface area contributed by atoms with Gasteiger partial charge in [-0.1, -0.05) is 0 Å². The highest BCUT2D eigenvalue weighted by Gasteiger charge is 2.10. The van der Waals surface area contributed by atoms with E-state index in [-0.39, 0.29) is 5.69 Å². The minimum atomic E-state index is -2.58. The molecule has 1 aromatic rings. The van der Waals surface area contributed by atoms with Crippen LogP contribution in [0.4, 0.5) is 8.78 Å². The highest BCUT2D eigenvalue weighted by molar-refractivity contribution is 14.1. The van der Waals surface area contributed by atoms with Crippen LogP contribution in [0.15, 0.2) is 12.3 Å². The van der Waals surface area contributed by atoms with Gasteiger partial charge in [0.25, 0.3) is 6.43 Å². The first-order valence-corrected chi connectivity index (χ1v) is 4.06. The van der Waals surface area contributed by atoms with E-state index in [2.05, 4.69) is 4.98 Å². The molecule has 0 saturated carbocycles. The van der Waals surface area contributed by atoms with Gasteiger partial charge >= 0.3 is 0 Å². The Morgan fingerprint density at radius 3 is 2.67 bits per heavy atom. The van der Waals surface area contributed by atoms with Crippen LogP contribution in [0.5, 0.6) is 0 Å². The van der Waals surface area contributed by atoms with Gasteiger partial charge in [-0.15, -0.1) is 0 Å². The van der Waals surface area contributed by atoms with Crippen LogP contribution in [0, 0.1) is 14.9 Å². The van der Waals surface area contributed by atoms with Crippen molar-refractivity contribution in [3.05, 3.63) is 27.1 Å². The Balaban J connectivity index is 3.12. The number of rotatable bonds is 1. The zero-order chi connectivity index (χ0) is 9.14. The third-order valence-electron chi connectivity index (χ3n) is 1.22. The van der Waals surface area contributed by atoms with Gasteiger partial charge in [0, 0.05) is 9.77 Å². The van der Waals surface area contributed by atoms with Crippen LogP contribution in [0.1, 0.15) is 17.7 Å². The van der Waals surface area contributed by atoms with Crippen LogP contribution in [-0.4, -0.2) is 4.98 Å². The Labute approximate surface area is 81.4 Å². The molecule has 12 heavy (non-hydrogen) atoms. The molecule has 1 aromatic heterocycles. The molecule has 0 bridgehead atoms. The van der Waals surface area contributed by atoms with Crippen LogP contribution in [-0.2, 0) is 0 Å². The first kappa shape index (κ1) is 9.32. The number of nitriles is 1. The fourth-order valence-corrected chi connectivity index (χ4v) is 1.23. The largest absolute Gasteiger partial charge is 0.280 e. The maximum atomic E-state index is 12.0. The predicted molar refractivity (Wildman–Crippen MR) is 46.6 cm³/mol. The van der Waals surface area contributed by atoms with E-state index in [9.17, 15) is 8.78 Å². The van der Waals surface area contributed by atoms with Gasteiger partial charge in [-0.3, -0.25) is 4.98 Å². The van der Waals surface area contributed by atoms with E-state index >= 15 is 0 Å². The zero-order valence-electron chi connectivity index (χ0n) is 5.76. The van der Waals surface area contributed by atoms with Crippen molar-refractivity contribution in [1.82, 2.24) is 4.98 Å². The molecule has 0 amide bonds. The molecular formula is C7H3F2IN2. The van der Waals surface area contributed by atoms with Gasteiger partial charge in [0.15, 0.2) is 0 Å². The summed E-state index contributed by atoms with van der Waals surface area (Å²) in [5.74, 6) is 0. The van der Waals surface area contributed by atoms with Crippen molar-refractivity contribution in [2.45, 2.75) is 6.43 Å². The number of aromatic nitrogens is 1. The topological polar surface area (TPSA) is 36.7 Å². The third-order valence-corrected chi connectivity index (χ3v) is 2.11. The third kappa shape index (κ3) is 1.88. The number of hydrogen-bond acceptors (Lipinski definition) is 2. The Morgan fingerprint density at radius 1 is 1.58 bits per heavy atom. The average molecular weight is 280 g/mol. The number of halogens is 3. The predicted octanol–water partition coefficient (Wildman–Crippen LogP) is 2.50. The minimum Gasteiger partial charge on any atom is -0.254 e. The lowest BCUT2D eigenvalue weighted by Crippen LogP contribution is -1.93. The maximum Gasteiger partial charge on any atom is 0.280 e. The van der Waals surface area contributed by atoms with Crippen molar-refractivity contribution < 1.29 is 8.78 Å². The monoisotopic (exact) mass is 280 g/mol. The molecule has 5 heteroatoms. The number of alkyl halides is 2. The molecule has 0 aliphatic heterocycles. The fraction of sp³-hybridized carbons (Fsp3) is 0.143. The summed E-state index contributed by atoms with van der Waals surface area (Å²) in [6.45, 7) is 0. The van der Waals surface area contributed by atoms with Crippen LogP contribution >= 0.6 is 22.6 Å². The normalized spacial score (nSPS) is 9.92. The highest BCUT2D eigenvalue weighted by atomic mass is 127. The average Bonchev–Trinajstić information content (AvgIpc) is 2.04. The molecule has 0 fully saturated rings. The van der Waals surface area contributed by atoms with Crippen molar-refractivity contribution in [3.63, 3.8) is 0 Å². The first-order chi connectivity index (χ1) is 5.65. The molecule has 0 atom stereocenters. The van der Waals surface area contributed by atoms with E-state index in [1.165, 1.54) is 6.07 Å². The van der Waals surface area contributed by atoms with E-state index in [1.807, 2.05) is 28.7 Å². The van der Waals surface area contributed by atoms with Crippen molar-refractivity contribution in [3.8, 4) is 6.07 Å². The number of hydrogen-bond donors (Lipinski definition) is 0. The Bertz CT molecular complexity index is 333. The summed E-state index contributed by atoms with van der Waals surface area (Å²) in [5, 5.41) is 8.47. The van der Waals surface area contributed by atoms with Crippen molar-refractivity contribution in [2.75, 3.05) is 0 Å². The standard InChI is InChI=1S/C7H3F2IN2/c8-7(9)6-1-5(10)4(2-11)3-12-6/h1,3,7H. The van der Waals surface area contributed by atoms with Crippen LogP contribution in [0.3, 0.4) is 0 Å². The smallest absolute Gasteiger partial charge is 0.254 e. The second-order valence-corrected chi connectivity index (χ2v) is 3.16. The Morgan fingerprint density at radius 2 is 2.25 bits per heavy atom.